The molecular weight excluding hydrogens is 524 g/mol. The van der Waals surface area contributed by atoms with Gasteiger partial charge in [-0.15, -0.1) is 0 Å². The average Bonchev–Trinajstić information content (AvgIpc) is 3.65. The van der Waals surface area contributed by atoms with Crippen molar-refractivity contribution in [2.45, 2.75) is 104 Å². The van der Waals surface area contributed by atoms with Crippen molar-refractivity contribution in [2.75, 3.05) is 6.61 Å². The molecule has 2 heterocycles. The van der Waals surface area contributed by atoms with Crippen LogP contribution in [0.1, 0.15) is 79.2 Å². The molecule has 6 rings (SSSR count). The molecule has 1 aromatic rings. The first-order valence-corrected chi connectivity index (χ1v) is 15.0. The van der Waals surface area contributed by atoms with Gasteiger partial charge in [-0.1, -0.05) is 45.4 Å². The molecule has 224 valence electrons. The van der Waals surface area contributed by atoms with Gasteiger partial charge in [0.1, 0.15) is 12.2 Å². The molecule has 12 atom stereocenters. The first-order valence-electron chi connectivity index (χ1n) is 15.0. The molecule has 1 aromatic heterocycles. The summed E-state index contributed by atoms with van der Waals surface area (Å²) in [4.78, 5) is 26.1. The lowest BCUT2D eigenvalue weighted by molar-refractivity contribution is -0.269. The highest BCUT2D eigenvalue weighted by Gasteiger charge is 2.78. The van der Waals surface area contributed by atoms with Crippen LogP contribution < -0.4 is 0 Å². The Bertz CT molecular complexity index is 1300. The maximum atomic E-state index is 13.5. The molecule has 1 aliphatic heterocycles. The predicted octanol–water partition coefficient (Wildman–Crippen LogP) is 4.70. The van der Waals surface area contributed by atoms with E-state index in [1.165, 1.54) is 6.92 Å². The van der Waals surface area contributed by atoms with Gasteiger partial charge in [0.05, 0.1) is 37.4 Å². The smallest absolute Gasteiger partial charge is 0.333 e. The van der Waals surface area contributed by atoms with E-state index < -0.39 is 58.1 Å². The number of allylic oxidation sites excluding steroid dienone is 2. The topological polar surface area (TPSA) is 115 Å². The van der Waals surface area contributed by atoms with E-state index in [0.717, 1.165) is 11.1 Å². The lowest BCUT2D eigenvalue weighted by Gasteiger charge is -2.70. The number of ether oxygens (including phenoxy) is 3. The molecule has 3 saturated carbocycles. The molecule has 8 heteroatoms. The van der Waals surface area contributed by atoms with Crippen LogP contribution in [0.15, 0.2) is 46.3 Å². The van der Waals surface area contributed by atoms with Gasteiger partial charge in [-0.05, 0) is 44.2 Å². The number of carbonyl (C=O) groups excluding carboxylic acids is 2. The number of aliphatic hydroxyl groups excluding tert-OH is 2. The molecule has 0 radical (unpaired) electrons. The van der Waals surface area contributed by atoms with E-state index in [-0.39, 0.29) is 30.1 Å². The van der Waals surface area contributed by atoms with E-state index in [1.807, 2.05) is 19.9 Å². The van der Waals surface area contributed by atoms with E-state index >= 15 is 0 Å². The fraction of sp³-hybridized carbons (Fsp3) is 0.697. The summed E-state index contributed by atoms with van der Waals surface area (Å²) in [6, 6.07) is 1.97. The van der Waals surface area contributed by atoms with Crippen molar-refractivity contribution >= 4 is 11.9 Å². The number of carbonyl (C=O) groups is 2. The van der Waals surface area contributed by atoms with E-state index in [4.69, 9.17) is 18.6 Å². The van der Waals surface area contributed by atoms with Crippen molar-refractivity contribution in [2.24, 2.45) is 33.5 Å². The van der Waals surface area contributed by atoms with Crippen molar-refractivity contribution < 1.29 is 38.4 Å². The summed E-state index contributed by atoms with van der Waals surface area (Å²) in [6.07, 6.45) is 5.62. The van der Waals surface area contributed by atoms with E-state index in [9.17, 15) is 19.8 Å². The number of furan rings is 1. The lowest BCUT2D eigenvalue weighted by atomic mass is 9.36. The second kappa shape index (κ2) is 9.29. The van der Waals surface area contributed by atoms with Crippen LogP contribution in [0.25, 0.3) is 0 Å². The predicted molar refractivity (Wildman–Crippen MR) is 149 cm³/mol. The third-order valence-electron chi connectivity index (χ3n) is 12.4. The third-order valence-corrected chi connectivity index (χ3v) is 12.4. The molecule has 0 amide bonds. The second-order valence-corrected chi connectivity index (χ2v) is 14.1. The number of fused-ring (bicyclic) bond motifs is 4. The molecule has 1 saturated heterocycles. The average molecular weight is 569 g/mol. The summed E-state index contributed by atoms with van der Waals surface area (Å²) < 4.78 is 24.7. The molecule has 0 aromatic carbocycles. The molecular formula is C33H44O8. The number of hydrogen-bond donors (Lipinski definition) is 2. The minimum atomic E-state index is -0.813. The lowest BCUT2D eigenvalue weighted by Crippen LogP contribution is -2.74. The quantitative estimate of drug-likeness (QED) is 0.305. The number of rotatable bonds is 4. The van der Waals surface area contributed by atoms with Crippen LogP contribution in [-0.4, -0.2) is 59.3 Å². The molecule has 4 fully saturated rings. The van der Waals surface area contributed by atoms with Crippen LogP contribution in [0.3, 0.4) is 0 Å². The first-order chi connectivity index (χ1) is 19.2. The third kappa shape index (κ3) is 3.56. The summed E-state index contributed by atoms with van der Waals surface area (Å²) in [6.45, 7) is 13.8. The Labute approximate surface area is 242 Å². The minimum Gasteiger partial charge on any atom is -0.472 e. The van der Waals surface area contributed by atoms with Crippen molar-refractivity contribution in [3.05, 3.63) is 47.5 Å². The molecule has 0 bridgehead atoms. The standard InChI is InChI=1S/C33H44O8/c1-8-17(2)29(37)41-28-26-27-30(4,16-39-26)23(35)14-24(36)33(27,7)22-13-25(40-18(3)34)31(5)20(19-11-12-38-15-19)9-10-21(31)32(22,28)6/h8,10-12,15,20,22-28,35-36H,9,13-14,16H2,1-7H3. The zero-order valence-electron chi connectivity index (χ0n) is 25.2. The fourth-order valence-corrected chi connectivity index (χ4v) is 10.3. The fourth-order valence-electron chi connectivity index (χ4n) is 10.3. The summed E-state index contributed by atoms with van der Waals surface area (Å²) in [5.41, 5.74) is -0.0518. The largest absolute Gasteiger partial charge is 0.472 e. The molecule has 2 N–H and O–H groups in total. The Hall–Kier alpha value is -2.42. The van der Waals surface area contributed by atoms with Gasteiger partial charge in [0, 0.05) is 52.4 Å². The van der Waals surface area contributed by atoms with Gasteiger partial charge >= 0.3 is 11.9 Å². The molecule has 4 aliphatic carbocycles. The maximum absolute atomic E-state index is 13.5. The molecule has 12 unspecified atom stereocenters. The van der Waals surface area contributed by atoms with Crippen LogP contribution in [-0.2, 0) is 23.8 Å². The van der Waals surface area contributed by atoms with Crippen molar-refractivity contribution in [1.82, 2.24) is 0 Å². The normalized spacial score (nSPS) is 48.5. The Morgan fingerprint density at radius 2 is 1.78 bits per heavy atom. The highest BCUT2D eigenvalue weighted by Crippen LogP contribution is 2.75. The number of hydrogen-bond acceptors (Lipinski definition) is 8. The second-order valence-electron chi connectivity index (χ2n) is 14.1. The highest BCUT2D eigenvalue weighted by atomic mass is 16.6. The zero-order chi connectivity index (χ0) is 29.7. The summed E-state index contributed by atoms with van der Waals surface area (Å²) >= 11 is 0. The van der Waals surface area contributed by atoms with Gasteiger partial charge in [0.2, 0.25) is 0 Å². The highest BCUT2D eigenvalue weighted by molar-refractivity contribution is 5.87. The van der Waals surface area contributed by atoms with Crippen LogP contribution in [0.2, 0.25) is 0 Å². The number of aliphatic hydroxyl groups is 2. The number of esters is 2. The Morgan fingerprint density at radius 3 is 2.41 bits per heavy atom. The summed E-state index contributed by atoms with van der Waals surface area (Å²) in [5.74, 6) is -1.26. The Balaban J connectivity index is 1.58. The Morgan fingerprint density at radius 1 is 1.05 bits per heavy atom. The van der Waals surface area contributed by atoms with E-state index in [2.05, 4.69) is 26.8 Å². The van der Waals surface area contributed by atoms with Crippen molar-refractivity contribution in [3.63, 3.8) is 0 Å². The van der Waals surface area contributed by atoms with Gasteiger partial charge < -0.3 is 28.8 Å². The summed E-state index contributed by atoms with van der Waals surface area (Å²) in [7, 11) is 0. The monoisotopic (exact) mass is 568 g/mol. The SMILES string of the molecule is CC=C(C)C(=O)OC1C2OCC3(C)C(O)CC(O)C(C)(C23)C2CC(OC(C)=O)C3(C)C(=CCC3c3ccoc3)C12C. The zero-order valence-corrected chi connectivity index (χ0v) is 25.2. The van der Waals surface area contributed by atoms with Crippen molar-refractivity contribution in [1.29, 1.82) is 0 Å². The minimum absolute atomic E-state index is 0.00889. The summed E-state index contributed by atoms with van der Waals surface area (Å²) in [5, 5.41) is 23.2. The van der Waals surface area contributed by atoms with Gasteiger partial charge in [-0.2, -0.15) is 0 Å². The molecule has 5 aliphatic rings. The maximum Gasteiger partial charge on any atom is 0.333 e. The Kier molecular flexibility index (Phi) is 6.50. The van der Waals surface area contributed by atoms with Gasteiger partial charge in [-0.3, -0.25) is 4.79 Å². The van der Waals surface area contributed by atoms with Crippen LogP contribution in [0, 0.1) is 33.5 Å². The van der Waals surface area contributed by atoms with E-state index in [0.29, 0.717) is 25.0 Å². The molecule has 8 nitrogen and oxygen atoms in total. The van der Waals surface area contributed by atoms with Gasteiger partial charge in [0.25, 0.3) is 0 Å². The van der Waals surface area contributed by atoms with Crippen molar-refractivity contribution in [3.8, 4) is 0 Å². The molecule has 41 heavy (non-hydrogen) atoms. The van der Waals surface area contributed by atoms with Crippen LogP contribution >= 0.6 is 0 Å². The van der Waals surface area contributed by atoms with Gasteiger partial charge in [-0.25, -0.2) is 4.79 Å². The van der Waals surface area contributed by atoms with Crippen LogP contribution in [0.4, 0.5) is 0 Å². The first kappa shape index (κ1) is 28.7. The van der Waals surface area contributed by atoms with Crippen LogP contribution in [0.5, 0.6) is 0 Å². The molecule has 0 spiro atoms. The van der Waals surface area contributed by atoms with Gasteiger partial charge in [0.15, 0.2) is 0 Å². The van der Waals surface area contributed by atoms with E-state index in [1.54, 1.807) is 25.5 Å².